The van der Waals surface area contributed by atoms with Gasteiger partial charge in [0.05, 0.1) is 6.54 Å². The Kier molecular flexibility index (Phi) is 3.18. The van der Waals surface area contributed by atoms with Crippen LogP contribution in [0.25, 0.3) is 0 Å². The van der Waals surface area contributed by atoms with Gasteiger partial charge in [-0.05, 0) is 38.3 Å². The minimum atomic E-state index is 0.376. The summed E-state index contributed by atoms with van der Waals surface area (Å²) in [5.74, 6) is 2.17. The highest BCUT2D eigenvalue weighted by molar-refractivity contribution is 7.10. The average Bonchev–Trinajstić information content (AvgIpc) is 2.91. The van der Waals surface area contributed by atoms with Crippen LogP contribution in [0.4, 0.5) is 0 Å². The first-order chi connectivity index (χ1) is 8.74. The van der Waals surface area contributed by atoms with Gasteiger partial charge in [-0.1, -0.05) is 11.2 Å². The Morgan fingerprint density at radius 2 is 2.39 bits per heavy atom. The minimum absolute atomic E-state index is 0.376. The summed E-state index contributed by atoms with van der Waals surface area (Å²) in [6.45, 7) is 2.91. The van der Waals surface area contributed by atoms with E-state index in [9.17, 15) is 0 Å². The van der Waals surface area contributed by atoms with Gasteiger partial charge in [-0.3, -0.25) is 4.90 Å². The second-order valence-electron chi connectivity index (χ2n) is 4.93. The summed E-state index contributed by atoms with van der Waals surface area (Å²) in [5, 5.41) is 6.15. The molecule has 1 unspecified atom stereocenters. The summed E-state index contributed by atoms with van der Waals surface area (Å²) < 4.78 is 5.30. The Morgan fingerprint density at radius 3 is 3.06 bits per heavy atom. The zero-order valence-electron chi connectivity index (χ0n) is 10.7. The summed E-state index contributed by atoms with van der Waals surface area (Å²) >= 11 is 1.78. The van der Waals surface area contributed by atoms with Gasteiger partial charge in [0.15, 0.2) is 5.82 Å². The molecule has 5 heteroatoms. The molecule has 0 aromatic carbocycles. The number of hydrogen-bond donors (Lipinski definition) is 0. The molecule has 0 spiro atoms. The van der Waals surface area contributed by atoms with Crippen LogP contribution in [-0.2, 0) is 6.54 Å². The fourth-order valence-corrected chi connectivity index (χ4v) is 2.78. The molecule has 0 saturated heterocycles. The Morgan fingerprint density at radius 1 is 1.56 bits per heavy atom. The lowest BCUT2D eigenvalue weighted by Crippen LogP contribution is -2.21. The van der Waals surface area contributed by atoms with Gasteiger partial charge in [0.2, 0.25) is 5.89 Å². The maximum absolute atomic E-state index is 5.30. The van der Waals surface area contributed by atoms with Crippen LogP contribution in [0.2, 0.25) is 0 Å². The Balaban J connectivity index is 1.64. The molecule has 18 heavy (non-hydrogen) atoms. The van der Waals surface area contributed by atoms with Crippen molar-refractivity contribution in [1.29, 1.82) is 0 Å². The molecule has 1 fully saturated rings. The molecule has 0 N–H and O–H groups in total. The molecule has 0 amide bonds. The molecule has 2 aromatic heterocycles. The molecule has 1 aliphatic rings. The van der Waals surface area contributed by atoms with Gasteiger partial charge in [-0.25, -0.2) is 0 Å². The van der Waals surface area contributed by atoms with Crippen molar-refractivity contribution in [2.24, 2.45) is 0 Å². The molecule has 4 nitrogen and oxygen atoms in total. The fraction of sp³-hybridized carbons (Fsp3) is 0.538. The molecular formula is C13H17N3OS. The molecule has 3 rings (SSSR count). The van der Waals surface area contributed by atoms with E-state index in [1.165, 1.54) is 17.7 Å². The van der Waals surface area contributed by atoms with Gasteiger partial charge in [0.25, 0.3) is 0 Å². The van der Waals surface area contributed by atoms with E-state index in [0.717, 1.165) is 11.7 Å². The van der Waals surface area contributed by atoms with Crippen LogP contribution >= 0.6 is 11.3 Å². The van der Waals surface area contributed by atoms with E-state index in [0.29, 0.717) is 18.5 Å². The molecular weight excluding hydrogens is 246 g/mol. The minimum Gasteiger partial charge on any atom is -0.338 e. The van der Waals surface area contributed by atoms with Crippen molar-refractivity contribution >= 4 is 11.3 Å². The molecule has 0 aliphatic heterocycles. The lowest BCUT2D eigenvalue weighted by molar-refractivity contribution is 0.218. The van der Waals surface area contributed by atoms with Crippen LogP contribution in [0.1, 0.15) is 48.3 Å². The maximum atomic E-state index is 5.30. The molecule has 1 atom stereocenters. The van der Waals surface area contributed by atoms with Crippen LogP contribution in [0.15, 0.2) is 22.0 Å². The zero-order chi connectivity index (χ0) is 12.5. The van der Waals surface area contributed by atoms with Crippen LogP contribution in [0.5, 0.6) is 0 Å². The Labute approximate surface area is 111 Å². The van der Waals surface area contributed by atoms with E-state index in [2.05, 4.69) is 46.5 Å². The lowest BCUT2D eigenvalue weighted by atomic mass is 10.2. The maximum Gasteiger partial charge on any atom is 0.240 e. The van der Waals surface area contributed by atoms with Gasteiger partial charge in [-0.2, -0.15) is 4.98 Å². The third-order valence-corrected chi connectivity index (χ3v) is 4.47. The average molecular weight is 263 g/mol. The summed E-state index contributed by atoms with van der Waals surface area (Å²) in [6, 6.07) is 4.62. The van der Waals surface area contributed by atoms with Gasteiger partial charge in [0.1, 0.15) is 0 Å². The first kappa shape index (κ1) is 11.9. The van der Waals surface area contributed by atoms with Gasteiger partial charge < -0.3 is 4.52 Å². The second kappa shape index (κ2) is 4.82. The normalized spacial score (nSPS) is 17.3. The number of rotatable bonds is 5. The van der Waals surface area contributed by atoms with E-state index in [1.807, 2.05) is 0 Å². The van der Waals surface area contributed by atoms with Crippen molar-refractivity contribution in [2.75, 3.05) is 7.05 Å². The Bertz CT molecular complexity index is 504. The SMILES string of the molecule is CC(c1cccs1)N(C)Cc1nc(C2CC2)no1. The zero-order valence-corrected chi connectivity index (χ0v) is 11.5. The van der Waals surface area contributed by atoms with Crippen molar-refractivity contribution in [2.45, 2.75) is 38.3 Å². The highest BCUT2D eigenvalue weighted by atomic mass is 32.1. The summed E-state index contributed by atoms with van der Waals surface area (Å²) in [5.41, 5.74) is 0. The topological polar surface area (TPSA) is 42.2 Å². The fourth-order valence-electron chi connectivity index (χ4n) is 1.94. The van der Waals surface area contributed by atoms with Crippen LogP contribution in [0.3, 0.4) is 0 Å². The number of thiophene rings is 1. The highest BCUT2D eigenvalue weighted by Gasteiger charge is 2.29. The molecule has 1 saturated carbocycles. The van der Waals surface area contributed by atoms with E-state index in [-0.39, 0.29) is 0 Å². The molecule has 1 aliphatic carbocycles. The summed E-state index contributed by atoms with van der Waals surface area (Å²) in [6.07, 6.45) is 2.42. The number of aromatic nitrogens is 2. The van der Waals surface area contributed by atoms with E-state index < -0.39 is 0 Å². The highest BCUT2D eigenvalue weighted by Crippen LogP contribution is 2.38. The van der Waals surface area contributed by atoms with E-state index in [4.69, 9.17) is 4.52 Å². The van der Waals surface area contributed by atoms with Crippen LogP contribution in [-0.4, -0.2) is 22.1 Å². The largest absolute Gasteiger partial charge is 0.338 e. The first-order valence-corrected chi connectivity index (χ1v) is 7.18. The smallest absolute Gasteiger partial charge is 0.240 e. The van der Waals surface area contributed by atoms with Crippen LogP contribution in [0, 0.1) is 0 Å². The molecule has 2 aromatic rings. The van der Waals surface area contributed by atoms with Crippen molar-refractivity contribution in [3.63, 3.8) is 0 Å². The summed E-state index contributed by atoms with van der Waals surface area (Å²) in [4.78, 5) is 8.05. The number of nitrogens with zero attached hydrogens (tertiary/aromatic N) is 3. The predicted octanol–water partition coefficient (Wildman–Crippen LogP) is 3.20. The van der Waals surface area contributed by atoms with Crippen molar-refractivity contribution in [3.05, 3.63) is 34.1 Å². The summed E-state index contributed by atoms with van der Waals surface area (Å²) in [7, 11) is 2.09. The van der Waals surface area contributed by atoms with E-state index in [1.54, 1.807) is 11.3 Å². The monoisotopic (exact) mass is 263 g/mol. The molecule has 0 radical (unpaired) electrons. The first-order valence-electron chi connectivity index (χ1n) is 6.30. The molecule has 2 heterocycles. The van der Waals surface area contributed by atoms with Gasteiger partial charge >= 0.3 is 0 Å². The van der Waals surface area contributed by atoms with Crippen molar-refractivity contribution in [3.8, 4) is 0 Å². The molecule has 96 valence electrons. The van der Waals surface area contributed by atoms with Gasteiger partial charge in [0, 0.05) is 16.8 Å². The quantitative estimate of drug-likeness (QED) is 0.830. The van der Waals surface area contributed by atoms with Gasteiger partial charge in [-0.15, -0.1) is 11.3 Å². The van der Waals surface area contributed by atoms with Crippen LogP contribution < -0.4 is 0 Å². The Hall–Kier alpha value is -1.20. The van der Waals surface area contributed by atoms with Crippen molar-refractivity contribution in [1.82, 2.24) is 15.0 Å². The van der Waals surface area contributed by atoms with Crippen molar-refractivity contribution < 1.29 is 4.52 Å². The standard InChI is InChI=1S/C13H17N3OS/c1-9(11-4-3-7-18-11)16(2)8-12-14-13(15-17-12)10-5-6-10/h3-4,7,9-10H,5-6,8H2,1-2H3. The predicted molar refractivity (Wildman–Crippen MR) is 70.5 cm³/mol. The third-order valence-electron chi connectivity index (χ3n) is 3.43. The molecule has 0 bridgehead atoms. The number of hydrogen-bond acceptors (Lipinski definition) is 5. The second-order valence-corrected chi connectivity index (χ2v) is 5.91. The van der Waals surface area contributed by atoms with E-state index >= 15 is 0 Å². The lowest BCUT2D eigenvalue weighted by Gasteiger charge is -2.21. The third kappa shape index (κ3) is 2.47.